The summed E-state index contributed by atoms with van der Waals surface area (Å²) in [5.74, 6) is -2.25. The summed E-state index contributed by atoms with van der Waals surface area (Å²) >= 11 is 0. The summed E-state index contributed by atoms with van der Waals surface area (Å²) in [6.07, 6.45) is 2.50. The summed E-state index contributed by atoms with van der Waals surface area (Å²) in [7, 11) is 0. The number of ether oxygens (including phenoxy) is 4. The minimum atomic E-state index is -3.52. The van der Waals surface area contributed by atoms with Gasteiger partial charge in [0.25, 0.3) is 0 Å². The molecule has 5 rings (SSSR count). The molecule has 4 nitrogen and oxygen atoms in total. The first-order valence-corrected chi connectivity index (χ1v) is 14.4. The van der Waals surface area contributed by atoms with Crippen LogP contribution in [-0.4, -0.2) is 32.2 Å². The van der Waals surface area contributed by atoms with Gasteiger partial charge in [-0.25, -0.2) is 8.78 Å². The van der Waals surface area contributed by atoms with Crippen molar-refractivity contribution in [3.8, 4) is 22.6 Å². The lowest BCUT2D eigenvalue weighted by atomic mass is 9.76. The Bertz CT molecular complexity index is 1150. The number of halogens is 6. The molecular formula is C31H36F6O4. The predicted octanol–water partition coefficient (Wildman–Crippen LogP) is 8.83. The fraction of sp³-hybridized carbons (Fsp3) is 0.613. The summed E-state index contributed by atoms with van der Waals surface area (Å²) in [5, 5.41) is 0. The second-order valence-electron chi connectivity index (χ2n) is 11.8. The highest BCUT2D eigenvalue weighted by Crippen LogP contribution is 2.43. The number of benzene rings is 2. The van der Waals surface area contributed by atoms with Crippen molar-refractivity contribution in [3.05, 3.63) is 48.0 Å². The van der Waals surface area contributed by atoms with E-state index in [1.807, 2.05) is 0 Å². The minimum absolute atomic E-state index is 0.0325. The van der Waals surface area contributed by atoms with Crippen molar-refractivity contribution in [1.29, 1.82) is 0 Å². The van der Waals surface area contributed by atoms with Crippen LogP contribution in [0.2, 0.25) is 0 Å². The van der Waals surface area contributed by atoms with E-state index in [-0.39, 0.29) is 41.9 Å². The third kappa shape index (κ3) is 7.31. The van der Waals surface area contributed by atoms with E-state index < -0.39 is 36.0 Å². The maximum absolute atomic E-state index is 15.1. The predicted molar refractivity (Wildman–Crippen MR) is 140 cm³/mol. The first-order chi connectivity index (χ1) is 19.6. The van der Waals surface area contributed by atoms with Gasteiger partial charge in [0.15, 0.2) is 17.9 Å². The Morgan fingerprint density at radius 1 is 0.780 bits per heavy atom. The van der Waals surface area contributed by atoms with Crippen LogP contribution in [-0.2, 0) is 9.47 Å². The zero-order valence-corrected chi connectivity index (χ0v) is 23.0. The highest BCUT2D eigenvalue weighted by molar-refractivity contribution is 5.66. The van der Waals surface area contributed by atoms with Gasteiger partial charge in [0, 0.05) is 23.5 Å². The van der Waals surface area contributed by atoms with Crippen molar-refractivity contribution < 1.29 is 45.3 Å². The highest BCUT2D eigenvalue weighted by atomic mass is 19.3. The molecule has 2 aromatic carbocycles. The maximum Gasteiger partial charge on any atom is 0.400 e. The van der Waals surface area contributed by atoms with E-state index in [4.69, 9.17) is 14.2 Å². The van der Waals surface area contributed by atoms with Crippen molar-refractivity contribution in [2.75, 3.05) is 13.2 Å². The lowest BCUT2D eigenvalue weighted by Crippen LogP contribution is -2.43. The van der Waals surface area contributed by atoms with Gasteiger partial charge >= 0.3 is 12.7 Å². The van der Waals surface area contributed by atoms with Crippen LogP contribution in [0.3, 0.4) is 0 Å². The smallest absolute Gasteiger partial charge is 0.400 e. The topological polar surface area (TPSA) is 36.9 Å². The second-order valence-corrected chi connectivity index (χ2v) is 11.8. The molecule has 0 amide bonds. The molecule has 3 fully saturated rings. The standard InChI is InChI=1S/C31H36F6O4/c1-18-2-4-19(5-3-18)22-16-38-29(39-17-22)20-6-9-23(10-7-20)31(36,37)41-24-11-12-25(26(32)15-24)21-8-13-28(27(33)14-21)40-30(34)35/h8,11-15,18-20,22-23,29-30H,2-7,9-10,16-17H2,1H3. The fourth-order valence-corrected chi connectivity index (χ4v) is 6.46. The Balaban J connectivity index is 1.12. The molecule has 10 heteroatoms. The molecule has 0 aromatic heterocycles. The Kier molecular flexibility index (Phi) is 9.38. The van der Waals surface area contributed by atoms with Gasteiger partial charge in [0.1, 0.15) is 11.6 Å². The van der Waals surface area contributed by atoms with Crippen molar-refractivity contribution in [1.82, 2.24) is 0 Å². The van der Waals surface area contributed by atoms with Crippen molar-refractivity contribution in [3.63, 3.8) is 0 Å². The highest BCUT2D eigenvalue weighted by Gasteiger charge is 2.46. The molecule has 1 saturated heterocycles. The van der Waals surface area contributed by atoms with E-state index in [1.54, 1.807) is 0 Å². The van der Waals surface area contributed by atoms with E-state index in [0.29, 0.717) is 37.9 Å². The third-order valence-corrected chi connectivity index (χ3v) is 8.96. The van der Waals surface area contributed by atoms with Gasteiger partial charge in [-0.15, -0.1) is 0 Å². The average Bonchev–Trinajstić information content (AvgIpc) is 2.94. The van der Waals surface area contributed by atoms with Crippen LogP contribution in [0.25, 0.3) is 11.1 Å². The quantitative estimate of drug-likeness (QED) is 0.290. The van der Waals surface area contributed by atoms with Crippen molar-refractivity contribution in [2.45, 2.75) is 77.3 Å². The summed E-state index contributed by atoms with van der Waals surface area (Å²) in [5.41, 5.74) is -0.0681. The Labute approximate surface area is 236 Å². The molecular weight excluding hydrogens is 550 g/mol. The second kappa shape index (κ2) is 12.8. The normalized spacial score (nSPS) is 29.4. The SMILES string of the molecule is CC1CCC(C2COC(C3CCC(C(F)(F)Oc4ccc(-c5ccc(OC(F)F)c(F)c5)c(F)c4)CC3)OC2)CC1. The minimum Gasteiger partial charge on any atom is -0.432 e. The molecule has 0 radical (unpaired) electrons. The summed E-state index contributed by atoms with van der Waals surface area (Å²) < 4.78 is 105. The molecule has 41 heavy (non-hydrogen) atoms. The molecule has 0 unspecified atom stereocenters. The zero-order valence-electron chi connectivity index (χ0n) is 23.0. The fourth-order valence-electron chi connectivity index (χ4n) is 6.46. The summed E-state index contributed by atoms with van der Waals surface area (Å²) in [4.78, 5) is 0. The van der Waals surface area contributed by atoms with E-state index in [0.717, 1.165) is 24.1 Å². The van der Waals surface area contributed by atoms with Gasteiger partial charge in [-0.2, -0.15) is 17.6 Å². The first-order valence-electron chi connectivity index (χ1n) is 14.4. The molecule has 3 aliphatic rings. The van der Waals surface area contributed by atoms with E-state index >= 15 is 8.78 Å². The van der Waals surface area contributed by atoms with Crippen LogP contribution in [0.4, 0.5) is 26.3 Å². The van der Waals surface area contributed by atoms with Gasteiger partial charge in [-0.05, 0) is 80.2 Å². The average molecular weight is 587 g/mol. The number of rotatable bonds is 8. The molecule has 226 valence electrons. The Hall–Kier alpha value is -2.46. The van der Waals surface area contributed by atoms with E-state index in [1.165, 1.54) is 43.9 Å². The maximum atomic E-state index is 15.1. The van der Waals surface area contributed by atoms with Crippen LogP contribution in [0.1, 0.15) is 58.3 Å². The number of hydrogen-bond acceptors (Lipinski definition) is 4. The van der Waals surface area contributed by atoms with Gasteiger partial charge in [0.2, 0.25) is 0 Å². The van der Waals surface area contributed by atoms with Crippen molar-refractivity contribution in [2.24, 2.45) is 29.6 Å². The molecule has 2 aliphatic carbocycles. The van der Waals surface area contributed by atoms with E-state index in [9.17, 15) is 17.6 Å². The lowest BCUT2D eigenvalue weighted by molar-refractivity contribution is -0.251. The van der Waals surface area contributed by atoms with Crippen LogP contribution < -0.4 is 9.47 Å². The number of alkyl halides is 4. The van der Waals surface area contributed by atoms with Gasteiger partial charge in [-0.1, -0.05) is 25.8 Å². The molecule has 0 N–H and O–H groups in total. The van der Waals surface area contributed by atoms with Crippen LogP contribution >= 0.6 is 0 Å². The molecule has 1 heterocycles. The summed E-state index contributed by atoms with van der Waals surface area (Å²) in [6, 6.07) is 6.14. The monoisotopic (exact) mass is 586 g/mol. The zero-order chi connectivity index (χ0) is 29.1. The van der Waals surface area contributed by atoms with E-state index in [2.05, 4.69) is 11.7 Å². The molecule has 2 aromatic rings. The van der Waals surface area contributed by atoms with Crippen LogP contribution in [0, 0.1) is 41.2 Å². The largest absolute Gasteiger partial charge is 0.432 e. The Morgan fingerprint density at radius 2 is 1.44 bits per heavy atom. The molecule has 1 aliphatic heterocycles. The molecule has 0 bridgehead atoms. The molecule has 0 spiro atoms. The lowest BCUT2D eigenvalue weighted by Gasteiger charge is -2.41. The Morgan fingerprint density at radius 3 is 2.05 bits per heavy atom. The molecule has 0 atom stereocenters. The number of hydrogen-bond donors (Lipinski definition) is 0. The first kappa shape index (κ1) is 30.0. The molecule has 2 saturated carbocycles. The van der Waals surface area contributed by atoms with Gasteiger partial charge in [0.05, 0.1) is 19.1 Å². The van der Waals surface area contributed by atoms with Gasteiger partial charge < -0.3 is 18.9 Å². The van der Waals surface area contributed by atoms with Gasteiger partial charge in [-0.3, -0.25) is 0 Å². The van der Waals surface area contributed by atoms with Crippen molar-refractivity contribution >= 4 is 0 Å². The third-order valence-electron chi connectivity index (χ3n) is 8.96. The van der Waals surface area contributed by atoms with Crippen LogP contribution in [0.5, 0.6) is 11.5 Å². The van der Waals surface area contributed by atoms with Crippen LogP contribution in [0.15, 0.2) is 36.4 Å². The summed E-state index contributed by atoms with van der Waals surface area (Å²) in [6.45, 7) is 0.399.